The molecule has 2 aromatic heterocycles. The van der Waals surface area contributed by atoms with Gasteiger partial charge in [-0.3, -0.25) is 4.79 Å². The quantitative estimate of drug-likeness (QED) is 0.622. The normalized spacial score (nSPS) is 10.9. The van der Waals surface area contributed by atoms with E-state index < -0.39 is 0 Å². The van der Waals surface area contributed by atoms with Crippen molar-refractivity contribution in [2.24, 2.45) is 0 Å². The molecule has 0 spiro atoms. The molecule has 0 aromatic carbocycles. The fourth-order valence-electron chi connectivity index (χ4n) is 1.43. The van der Waals surface area contributed by atoms with E-state index in [0.29, 0.717) is 5.75 Å². The van der Waals surface area contributed by atoms with Crippen LogP contribution in [0.2, 0.25) is 0 Å². The number of ketones is 1. The molecule has 0 aliphatic carbocycles. The smallest absolute Gasteiger partial charge is 0.140 e. The zero-order valence-corrected chi connectivity index (χ0v) is 11.0. The van der Waals surface area contributed by atoms with Crippen LogP contribution >= 0.6 is 23.1 Å². The van der Waals surface area contributed by atoms with E-state index in [1.807, 2.05) is 0 Å². The maximum atomic E-state index is 11.0. The van der Waals surface area contributed by atoms with Crippen molar-refractivity contribution < 1.29 is 4.79 Å². The van der Waals surface area contributed by atoms with E-state index in [9.17, 15) is 4.79 Å². The first-order chi connectivity index (χ1) is 7.59. The molecular formula is C11H12N2OS2. The van der Waals surface area contributed by atoms with Crippen LogP contribution in [0.25, 0.3) is 10.2 Å². The van der Waals surface area contributed by atoms with Crippen LogP contribution in [0.5, 0.6) is 0 Å². The van der Waals surface area contributed by atoms with Gasteiger partial charge in [0.1, 0.15) is 22.0 Å². The number of thiophene rings is 1. The summed E-state index contributed by atoms with van der Waals surface area (Å²) in [6.45, 7) is 5.76. The molecule has 0 saturated heterocycles. The highest BCUT2D eigenvalue weighted by molar-refractivity contribution is 8.00. The lowest BCUT2D eigenvalue weighted by Gasteiger charge is -2.00. The SMILES string of the molecule is CC(=O)CSc1ncnc2sc(C)c(C)c12. The monoisotopic (exact) mass is 252 g/mol. The molecule has 0 unspecified atom stereocenters. The lowest BCUT2D eigenvalue weighted by molar-refractivity contribution is -0.114. The van der Waals surface area contributed by atoms with Gasteiger partial charge in [-0.05, 0) is 26.3 Å². The highest BCUT2D eigenvalue weighted by Gasteiger charge is 2.12. The van der Waals surface area contributed by atoms with Crippen molar-refractivity contribution in [3.05, 3.63) is 16.8 Å². The van der Waals surface area contributed by atoms with E-state index in [-0.39, 0.29) is 5.78 Å². The highest BCUT2D eigenvalue weighted by atomic mass is 32.2. The number of carbonyl (C=O) groups is 1. The second kappa shape index (κ2) is 4.51. The summed E-state index contributed by atoms with van der Waals surface area (Å²) in [5, 5.41) is 2.03. The van der Waals surface area contributed by atoms with Gasteiger partial charge in [-0.25, -0.2) is 9.97 Å². The highest BCUT2D eigenvalue weighted by Crippen LogP contribution is 2.34. The van der Waals surface area contributed by atoms with Gasteiger partial charge in [0.15, 0.2) is 0 Å². The number of nitrogens with zero attached hydrogens (tertiary/aromatic N) is 2. The fraction of sp³-hybridized carbons (Fsp3) is 0.364. The third kappa shape index (κ3) is 2.10. The van der Waals surface area contributed by atoms with Crippen molar-refractivity contribution in [2.45, 2.75) is 25.8 Å². The average molecular weight is 252 g/mol. The van der Waals surface area contributed by atoms with Crippen molar-refractivity contribution >= 4 is 39.1 Å². The van der Waals surface area contributed by atoms with Crippen molar-refractivity contribution in [3.63, 3.8) is 0 Å². The Morgan fingerprint density at radius 3 is 2.88 bits per heavy atom. The molecule has 0 aliphatic rings. The van der Waals surface area contributed by atoms with Crippen LogP contribution in [0.3, 0.4) is 0 Å². The van der Waals surface area contributed by atoms with E-state index in [4.69, 9.17) is 0 Å². The average Bonchev–Trinajstić information content (AvgIpc) is 2.52. The second-order valence-corrected chi connectivity index (χ2v) is 5.80. The summed E-state index contributed by atoms with van der Waals surface area (Å²) >= 11 is 3.17. The van der Waals surface area contributed by atoms with E-state index in [1.54, 1.807) is 24.6 Å². The van der Waals surface area contributed by atoms with Crippen molar-refractivity contribution in [2.75, 3.05) is 5.75 Å². The number of aromatic nitrogens is 2. The van der Waals surface area contributed by atoms with Gasteiger partial charge >= 0.3 is 0 Å². The summed E-state index contributed by atoms with van der Waals surface area (Å²) in [7, 11) is 0. The first-order valence-corrected chi connectivity index (χ1v) is 6.72. The number of hydrogen-bond donors (Lipinski definition) is 0. The van der Waals surface area contributed by atoms with Crippen LogP contribution in [0.4, 0.5) is 0 Å². The Kier molecular flexibility index (Phi) is 3.25. The molecule has 0 N–H and O–H groups in total. The van der Waals surface area contributed by atoms with Gasteiger partial charge in [0.25, 0.3) is 0 Å². The number of hydrogen-bond acceptors (Lipinski definition) is 5. The number of fused-ring (bicyclic) bond motifs is 1. The van der Waals surface area contributed by atoms with E-state index in [1.165, 1.54) is 22.2 Å². The van der Waals surface area contributed by atoms with Crippen LogP contribution < -0.4 is 0 Å². The molecule has 5 heteroatoms. The number of carbonyl (C=O) groups excluding carboxylic acids is 1. The van der Waals surface area contributed by atoms with Crippen molar-refractivity contribution in [3.8, 4) is 0 Å². The minimum absolute atomic E-state index is 0.168. The largest absolute Gasteiger partial charge is 0.299 e. The van der Waals surface area contributed by atoms with Crippen molar-refractivity contribution in [1.29, 1.82) is 0 Å². The summed E-state index contributed by atoms with van der Waals surface area (Å²) in [6, 6.07) is 0. The van der Waals surface area contributed by atoms with E-state index in [2.05, 4.69) is 23.8 Å². The Labute approximate surface area is 102 Å². The second-order valence-electron chi connectivity index (χ2n) is 3.63. The molecular weight excluding hydrogens is 240 g/mol. The molecule has 0 amide bonds. The van der Waals surface area contributed by atoms with Crippen LogP contribution in [0.1, 0.15) is 17.4 Å². The molecule has 0 saturated carbocycles. The van der Waals surface area contributed by atoms with Gasteiger partial charge < -0.3 is 0 Å². The number of Topliss-reactive ketones (excluding diaryl/α,β-unsaturated/α-hetero) is 1. The van der Waals surface area contributed by atoms with Gasteiger partial charge in [0, 0.05) is 10.3 Å². The molecule has 84 valence electrons. The standard InChI is InChI=1S/C11H12N2OS2/c1-6(14)4-15-10-9-7(2)8(3)16-11(9)13-5-12-10/h5H,4H2,1-3H3. The predicted octanol–water partition coefficient (Wildman–Crippen LogP) is 2.99. The minimum Gasteiger partial charge on any atom is -0.299 e. The molecule has 0 bridgehead atoms. The molecule has 2 aromatic rings. The summed E-state index contributed by atoms with van der Waals surface area (Å²) in [5.74, 6) is 0.641. The number of thioether (sulfide) groups is 1. The lowest BCUT2D eigenvalue weighted by Crippen LogP contribution is -1.94. The van der Waals surface area contributed by atoms with Gasteiger partial charge in [0.05, 0.1) is 5.75 Å². The van der Waals surface area contributed by atoms with Crippen LogP contribution in [-0.2, 0) is 4.79 Å². The van der Waals surface area contributed by atoms with Crippen molar-refractivity contribution in [1.82, 2.24) is 9.97 Å². The third-order valence-electron chi connectivity index (χ3n) is 2.34. The molecule has 0 aliphatic heterocycles. The Balaban J connectivity index is 2.48. The maximum absolute atomic E-state index is 11.0. The third-order valence-corrected chi connectivity index (χ3v) is 4.59. The summed E-state index contributed by atoms with van der Waals surface area (Å²) in [4.78, 5) is 21.8. The Morgan fingerprint density at radius 2 is 2.19 bits per heavy atom. The maximum Gasteiger partial charge on any atom is 0.140 e. The Morgan fingerprint density at radius 1 is 1.44 bits per heavy atom. The Bertz CT molecular complexity index is 548. The number of aryl methyl sites for hydroxylation is 2. The molecule has 0 atom stereocenters. The first-order valence-electron chi connectivity index (χ1n) is 4.92. The molecule has 16 heavy (non-hydrogen) atoms. The van der Waals surface area contributed by atoms with Crippen LogP contribution in [0, 0.1) is 13.8 Å². The fourth-order valence-corrected chi connectivity index (χ4v) is 3.35. The number of rotatable bonds is 3. The molecule has 0 fully saturated rings. The van der Waals surface area contributed by atoms with Gasteiger partial charge in [-0.2, -0.15) is 0 Å². The van der Waals surface area contributed by atoms with Gasteiger partial charge in [0.2, 0.25) is 0 Å². The molecule has 2 rings (SSSR count). The summed E-state index contributed by atoms with van der Waals surface area (Å²) < 4.78 is 0. The van der Waals surface area contributed by atoms with Gasteiger partial charge in [-0.15, -0.1) is 11.3 Å². The first kappa shape index (κ1) is 11.5. The molecule has 2 heterocycles. The summed E-state index contributed by atoms with van der Waals surface area (Å²) in [5.41, 5.74) is 1.23. The van der Waals surface area contributed by atoms with Crippen LogP contribution in [-0.4, -0.2) is 21.5 Å². The van der Waals surface area contributed by atoms with Gasteiger partial charge in [-0.1, -0.05) is 11.8 Å². The molecule has 3 nitrogen and oxygen atoms in total. The van der Waals surface area contributed by atoms with E-state index in [0.717, 1.165) is 15.2 Å². The zero-order valence-electron chi connectivity index (χ0n) is 9.40. The predicted molar refractivity (Wildman–Crippen MR) is 68.3 cm³/mol. The molecule has 0 radical (unpaired) electrons. The van der Waals surface area contributed by atoms with E-state index >= 15 is 0 Å². The lowest BCUT2D eigenvalue weighted by atomic mass is 10.2. The zero-order chi connectivity index (χ0) is 11.7. The summed E-state index contributed by atoms with van der Waals surface area (Å²) in [6.07, 6.45) is 1.57. The topological polar surface area (TPSA) is 42.9 Å². The van der Waals surface area contributed by atoms with Crippen LogP contribution in [0.15, 0.2) is 11.4 Å². The minimum atomic E-state index is 0.168. The Hall–Kier alpha value is -0.940.